The van der Waals surface area contributed by atoms with E-state index >= 15 is 0 Å². The molecule has 8 heteroatoms. The summed E-state index contributed by atoms with van der Waals surface area (Å²) < 4.78 is 17.6. The zero-order valence-electron chi connectivity index (χ0n) is 16.3. The zero-order valence-corrected chi connectivity index (χ0v) is 17.1. The molecule has 0 saturated heterocycles. The van der Waals surface area contributed by atoms with E-state index in [1.165, 1.54) is 25.0 Å². The molecular formula is C21H21ClN2O5. The number of aromatic nitrogens is 1. The third-order valence-electron chi connectivity index (χ3n) is 4.48. The number of rotatable bonds is 6. The third-order valence-corrected chi connectivity index (χ3v) is 4.85. The van der Waals surface area contributed by atoms with E-state index in [1.54, 1.807) is 18.2 Å². The summed E-state index contributed by atoms with van der Waals surface area (Å²) >= 11 is 6.11. The van der Waals surface area contributed by atoms with Gasteiger partial charge in [-0.1, -0.05) is 29.8 Å². The van der Waals surface area contributed by atoms with E-state index in [-0.39, 0.29) is 17.9 Å². The van der Waals surface area contributed by atoms with Gasteiger partial charge in [-0.3, -0.25) is 4.79 Å². The van der Waals surface area contributed by atoms with Crippen molar-refractivity contribution in [3.05, 3.63) is 63.5 Å². The van der Waals surface area contributed by atoms with Crippen LogP contribution in [0.2, 0.25) is 5.02 Å². The Bertz CT molecular complexity index is 1110. The molecule has 0 aliphatic rings. The number of halogens is 1. The summed E-state index contributed by atoms with van der Waals surface area (Å²) in [6.45, 7) is 2.46. The van der Waals surface area contributed by atoms with Gasteiger partial charge in [-0.25, -0.2) is 4.79 Å². The van der Waals surface area contributed by atoms with Crippen LogP contribution < -0.4 is 25.1 Å². The number of aryl methyl sites for hydroxylation is 1. The van der Waals surface area contributed by atoms with Crippen LogP contribution in [0.3, 0.4) is 0 Å². The van der Waals surface area contributed by atoms with Crippen LogP contribution in [0.25, 0.3) is 10.8 Å². The van der Waals surface area contributed by atoms with E-state index in [0.29, 0.717) is 33.8 Å². The van der Waals surface area contributed by atoms with Gasteiger partial charge in [0.1, 0.15) is 0 Å². The second-order valence-electron chi connectivity index (χ2n) is 6.17. The summed E-state index contributed by atoms with van der Waals surface area (Å²) in [7, 11) is 2.98. The van der Waals surface area contributed by atoms with Crippen molar-refractivity contribution in [1.82, 2.24) is 9.88 Å². The Hall–Kier alpha value is -3.19. The quantitative estimate of drug-likeness (QED) is 0.657. The van der Waals surface area contributed by atoms with Crippen LogP contribution in [0, 0.1) is 0 Å². The Balaban J connectivity index is 1.95. The highest BCUT2D eigenvalue weighted by Gasteiger charge is 2.17. The number of ether oxygens (including phenoxy) is 3. The van der Waals surface area contributed by atoms with E-state index in [2.05, 4.69) is 5.32 Å². The van der Waals surface area contributed by atoms with Crippen molar-refractivity contribution in [3.63, 3.8) is 0 Å². The van der Waals surface area contributed by atoms with Crippen LogP contribution in [-0.2, 0) is 13.1 Å². The fourth-order valence-corrected chi connectivity index (χ4v) is 3.15. The molecule has 1 N–H and O–H groups in total. The molecule has 0 atom stereocenters. The highest BCUT2D eigenvalue weighted by molar-refractivity contribution is 6.31. The first kappa shape index (κ1) is 20.5. The largest absolute Gasteiger partial charge is 0.493 e. The molecule has 2 aromatic carbocycles. The molecule has 0 bridgehead atoms. The summed E-state index contributed by atoms with van der Waals surface area (Å²) in [6, 6.07) is 10.4. The van der Waals surface area contributed by atoms with Crippen LogP contribution in [0.15, 0.2) is 47.4 Å². The highest BCUT2D eigenvalue weighted by Crippen LogP contribution is 2.35. The van der Waals surface area contributed by atoms with Crippen molar-refractivity contribution >= 4 is 28.5 Å². The van der Waals surface area contributed by atoms with Crippen molar-refractivity contribution in [2.45, 2.75) is 20.0 Å². The molecule has 3 aromatic rings. The van der Waals surface area contributed by atoms with Crippen LogP contribution in [0.1, 0.15) is 12.5 Å². The predicted molar refractivity (Wildman–Crippen MR) is 111 cm³/mol. The molecule has 0 aliphatic carbocycles. The zero-order chi connectivity index (χ0) is 21.0. The lowest BCUT2D eigenvalue weighted by molar-refractivity contribution is 0.200. The fraction of sp³-hybridized carbons (Fsp3) is 0.238. The lowest BCUT2D eigenvalue weighted by atomic mass is 10.1. The second kappa shape index (κ2) is 8.87. The summed E-state index contributed by atoms with van der Waals surface area (Å²) in [5, 5.41) is 4.03. The van der Waals surface area contributed by atoms with Gasteiger partial charge < -0.3 is 24.1 Å². The molecular weight excluding hydrogens is 396 g/mol. The number of nitrogens with zero attached hydrogens (tertiary/aromatic N) is 1. The molecule has 152 valence electrons. The van der Waals surface area contributed by atoms with Gasteiger partial charge in [-0.15, -0.1) is 0 Å². The van der Waals surface area contributed by atoms with Gasteiger partial charge in [0, 0.05) is 23.5 Å². The van der Waals surface area contributed by atoms with Crippen LogP contribution in [0.5, 0.6) is 17.2 Å². The number of fused-ring (bicyclic) bond motifs is 1. The Morgan fingerprint density at radius 2 is 1.72 bits per heavy atom. The van der Waals surface area contributed by atoms with Crippen molar-refractivity contribution in [1.29, 1.82) is 0 Å². The van der Waals surface area contributed by atoms with Gasteiger partial charge >= 0.3 is 6.09 Å². The predicted octanol–water partition coefficient (Wildman–Crippen LogP) is 3.98. The fourth-order valence-electron chi connectivity index (χ4n) is 2.95. The number of nitrogens with one attached hydrogen (secondary N) is 1. The smallest absolute Gasteiger partial charge is 0.412 e. The second-order valence-corrected chi connectivity index (χ2v) is 6.58. The van der Waals surface area contributed by atoms with Gasteiger partial charge in [0.15, 0.2) is 17.2 Å². The molecule has 1 heterocycles. The maximum Gasteiger partial charge on any atom is 0.412 e. The number of carbonyl (C=O) groups excluding carboxylic acids is 1. The van der Waals surface area contributed by atoms with E-state index in [4.69, 9.17) is 25.8 Å². The number of methoxy groups -OCH3 is 2. The highest BCUT2D eigenvalue weighted by atomic mass is 35.5. The lowest BCUT2D eigenvalue weighted by Gasteiger charge is -2.14. The molecule has 3 rings (SSSR count). The van der Waals surface area contributed by atoms with Crippen molar-refractivity contribution < 1.29 is 19.0 Å². The average molecular weight is 417 g/mol. The van der Waals surface area contributed by atoms with E-state index in [1.807, 2.05) is 25.1 Å². The minimum absolute atomic E-state index is 0.209. The molecule has 29 heavy (non-hydrogen) atoms. The molecule has 0 fully saturated rings. The van der Waals surface area contributed by atoms with E-state index in [9.17, 15) is 9.59 Å². The number of carbonyl (C=O) groups is 1. The summed E-state index contributed by atoms with van der Waals surface area (Å²) in [5.74, 6) is 1.08. The molecule has 0 radical (unpaired) electrons. The minimum atomic E-state index is -0.665. The van der Waals surface area contributed by atoms with Crippen molar-refractivity contribution in [3.8, 4) is 17.2 Å². The van der Waals surface area contributed by atoms with Gasteiger partial charge in [0.25, 0.3) is 5.56 Å². The first-order chi connectivity index (χ1) is 14.0. The van der Waals surface area contributed by atoms with E-state index < -0.39 is 6.09 Å². The molecule has 7 nitrogen and oxygen atoms in total. The van der Waals surface area contributed by atoms with Crippen molar-refractivity contribution in [2.24, 2.45) is 0 Å². The van der Waals surface area contributed by atoms with Gasteiger partial charge in [0.05, 0.1) is 25.8 Å². The number of hydrogen-bond donors (Lipinski definition) is 1. The molecule has 0 spiro atoms. The monoisotopic (exact) mass is 416 g/mol. The number of amides is 1. The normalized spacial score (nSPS) is 10.6. The van der Waals surface area contributed by atoms with Gasteiger partial charge in [0.2, 0.25) is 0 Å². The lowest BCUT2D eigenvalue weighted by Crippen LogP contribution is -2.27. The summed E-state index contributed by atoms with van der Waals surface area (Å²) in [5.41, 5.74) is 0.549. The van der Waals surface area contributed by atoms with Crippen LogP contribution >= 0.6 is 11.6 Å². The number of benzene rings is 2. The Kier molecular flexibility index (Phi) is 6.29. The number of pyridine rings is 1. The van der Waals surface area contributed by atoms with Gasteiger partial charge in [-0.05, 0) is 30.7 Å². The Labute approximate surface area is 172 Å². The standard InChI is InChI=1S/C21H21ClN2O5/c1-4-24-12-19(29-21(26)23-11-13-7-5-6-8-16(13)22)14-9-17(27-2)18(28-3)10-15(14)20(24)25/h5-10,12H,4,11H2,1-3H3,(H,23,26). The molecule has 1 aromatic heterocycles. The van der Waals surface area contributed by atoms with E-state index in [0.717, 1.165) is 5.56 Å². The van der Waals surface area contributed by atoms with Gasteiger partial charge in [-0.2, -0.15) is 0 Å². The topological polar surface area (TPSA) is 78.8 Å². The Morgan fingerprint density at radius 1 is 1.07 bits per heavy atom. The molecule has 0 saturated carbocycles. The van der Waals surface area contributed by atoms with Crippen LogP contribution in [0.4, 0.5) is 4.79 Å². The van der Waals surface area contributed by atoms with Crippen LogP contribution in [-0.4, -0.2) is 24.9 Å². The molecule has 1 amide bonds. The minimum Gasteiger partial charge on any atom is -0.493 e. The van der Waals surface area contributed by atoms with Crippen molar-refractivity contribution in [2.75, 3.05) is 14.2 Å². The SMILES string of the molecule is CCn1cc(OC(=O)NCc2ccccc2Cl)c2cc(OC)c(OC)cc2c1=O. The first-order valence-corrected chi connectivity index (χ1v) is 9.34. The third kappa shape index (κ3) is 4.30. The Morgan fingerprint density at radius 3 is 2.34 bits per heavy atom. The first-order valence-electron chi connectivity index (χ1n) is 8.96. The number of hydrogen-bond acceptors (Lipinski definition) is 5. The molecule has 0 unspecified atom stereocenters. The molecule has 0 aliphatic heterocycles. The summed E-state index contributed by atoms with van der Waals surface area (Å²) in [4.78, 5) is 25.1. The maximum atomic E-state index is 12.7. The summed E-state index contributed by atoms with van der Waals surface area (Å²) in [6.07, 6.45) is 0.841. The average Bonchev–Trinajstić information content (AvgIpc) is 2.74. The maximum absolute atomic E-state index is 12.7.